The summed E-state index contributed by atoms with van der Waals surface area (Å²) in [5.41, 5.74) is 0. The Labute approximate surface area is 303 Å². The number of ether oxygens (including phenoxy) is 4. The molecule has 0 bridgehead atoms. The van der Waals surface area contributed by atoms with Crippen LogP contribution in [0.15, 0.2) is 0 Å². The third-order valence-electron chi connectivity index (χ3n) is 7.63. The summed E-state index contributed by atoms with van der Waals surface area (Å²) in [6.45, 7) is 4.63. The van der Waals surface area contributed by atoms with E-state index in [-0.39, 0.29) is 95.5 Å². The molecule has 16 nitrogen and oxygen atoms in total. The molecule has 298 valence electrons. The van der Waals surface area contributed by atoms with Gasteiger partial charge in [0, 0.05) is 38.9 Å². The van der Waals surface area contributed by atoms with Gasteiger partial charge < -0.3 is 55.5 Å². The number of hydrogen-bond donors (Lipinski definition) is 7. The number of unbranched alkanes of at least 4 members (excludes halogenated alkanes) is 10. The van der Waals surface area contributed by atoms with Crippen molar-refractivity contribution in [2.24, 2.45) is 0 Å². The van der Waals surface area contributed by atoms with Gasteiger partial charge >= 0.3 is 5.97 Å². The van der Waals surface area contributed by atoms with Gasteiger partial charge in [-0.3, -0.25) is 24.0 Å². The van der Waals surface area contributed by atoms with Gasteiger partial charge in [-0.25, -0.2) is 0 Å². The predicted molar refractivity (Wildman–Crippen MR) is 190 cm³/mol. The van der Waals surface area contributed by atoms with Crippen LogP contribution in [0.5, 0.6) is 0 Å². The van der Waals surface area contributed by atoms with Crippen molar-refractivity contribution in [2.75, 3.05) is 72.5 Å². The lowest BCUT2D eigenvalue weighted by molar-refractivity contribution is -0.137. The van der Waals surface area contributed by atoms with Crippen LogP contribution in [0, 0.1) is 0 Å². The van der Waals surface area contributed by atoms with Crippen molar-refractivity contribution in [2.45, 2.75) is 122 Å². The second-order valence-electron chi connectivity index (χ2n) is 12.3. The summed E-state index contributed by atoms with van der Waals surface area (Å²) in [4.78, 5) is 58.2. The lowest BCUT2D eigenvalue weighted by atomic mass is 10.0. The third-order valence-corrected chi connectivity index (χ3v) is 7.63. The van der Waals surface area contributed by atoms with Crippen molar-refractivity contribution in [3.8, 4) is 0 Å². The molecule has 0 aliphatic heterocycles. The van der Waals surface area contributed by atoms with E-state index in [1.165, 1.54) is 0 Å². The summed E-state index contributed by atoms with van der Waals surface area (Å²) >= 11 is 0. The zero-order valence-corrected chi connectivity index (χ0v) is 30.8. The average Bonchev–Trinajstić information content (AvgIpc) is 3.09. The SMILES string of the molecule is CCCCNC(=O)COCCOCCNC(=O)COCCOCCNC(=O)CCC(NC(=O)CCCCCCCCCCCCC(=O)O)C(O)O. The summed E-state index contributed by atoms with van der Waals surface area (Å²) in [6, 6.07) is -0.947. The summed E-state index contributed by atoms with van der Waals surface area (Å²) < 4.78 is 21.2. The molecule has 51 heavy (non-hydrogen) atoms. The minimum Gasteiger partial charge on any atom is -0.481 e. The molecule has 0 aromatic rings. The standard InChI is InChI=1S/C35H66N4O12/c1-2-3-18-36-32(42)27-50-25-24-49-22-20-38-33(43)28-51-26-23-48-21-19-37-30(40)17-16-29(35(46)47)39-31(41)14-12-10-8-6-4-5-7-9-11-13-15-34(44)45/h29,35,46-47H,2-28H2,1H3,(H,36,42)(H,37,40)(H,38,43)(H,39,41)(H,44,45). The maximum Gasteiger partial charge on any atom is 0.303 e. The molecule has 0 saturated heterocycles. The van der Waals surface area contributed by atoms with Gasteiger partial charge in [-0.1, -0.05) is 64.7 Å². The highest BCUT2D eigenvalue weighted by atomic mass is 16.5. The fourth-order valence-corrected chi connectivity index (χ4v) is 4.73. The van der Waals surface area contributed by atoms with Crippen molar-refractivity contribution >= 4 is 29.6 Å². The molecule has 0 saturated carbocycles. The number of aliphatic hydroxyl groups excluding tert-OH is 1. The fraction of sp³-hybridized carbons (Fsp3) is 0.857. The van der Waals surface area contributed by atoms with Crippen LogP contribution < -0.4 is 21.3 Å². The molecule has 0 radical (unpaired) electrons. The van der Waals surface area contributed by atoms with Gasteiger partial charge in [0.15, 0.2) is 6.29 Å². The minimum atomic E-state index is -1.78. The molecular weight excluding hydrogens is 668 g/mol. The van der Waals surface area contributed by atoms with Crippen LogP contribution in [0.2, 0.25) is 0 Å². The summed E-state index contributed by atoms with van der Waals surface area (Å²) in [5.74, 6) is -1.78. The van der Waals surface area contributed by atoms with Crippen LogP contribution in [0.1, 0.15) is 110 Å². The van der Waals surface area contributed by atoms with Crippen LogP contribution in [0.4, 0.5) is 0 Å². The van der Waals surface area contributed by atoms with E-state index in [4.69, 9.17) is 24.1 Å². The molecule has 0 aromatic heterocycles. The maximum absolute atomic E-state index is 12.3. The first-order chi connectivity index (χ1) is 24.6. The van der Waals surface area contributed by atoms with E-state index >= 15 is 0 Å². The number of rotatable bonds is 37. The van der Waals surface area contributed by atoms with E-state index in [9.17, 15) is 34.2 Å². The Morgan fingerprint density at radius 3 is 1.45 bits per heavy atom. The fourth-order valence-electron chi connectivity index (χ4n) is 4.73. The number of carboxylic acid groups (broad SMARTS) is 1. The molecule has 0 fully saturated rings. The molecule has 7 N–H and O–H groups in total. The molecule has 1 atom stereocenters. The average molecular weight is 735 g/mol. The zero-order valence-electron chi connectivity index (χ0n) is 30.8. The van der Waals surface area contributed by atoms with Gasteiger partial charge in [0.1, 0.15) is 13.2 Å². The highest BCUT2D eigenvalue weighted by Crippen LogP contribution is 2.12. The van der Waals surface area contributed by atoms with Crippen molar-refractivity contribution in [1.82, 2.24) is 21.3 Å². The van der Waals surface area contributed by atoms with Crippen LogP contribution in [-0.4, -0.2) is 130 Å². The largest absolute Gasteiger partial charge is 0.481 e. The van der Waals surface area contributed by atoms with Crippen LogP contribution in [0.25, 0.3) is 0 Å². The molecule has 0 rings (SSSR count). The molecule has 16 heteroatoms. The van der Waals surface area contributed by atoms with E-state index in [0.717, 1.165) is 70.6 Å². The minimum absolute atomic E-state index is 0.00289. The Hall–Kier alpha value is -2.89. The number of aliphatic hydroxyl groups is 2. The van der Waals surface area contributed by atoms with E-state index in [2.05, 4.69) is 21.3 Å². The molecule has 0 heterocycles. The van der Waals surface area contributed by atoms with Gasteiger partial charge in [-0.05, 0) is 25.7 Å². The Morgan fingerprint density at radius 1 is 0.510 bits per heavy atom. The summed E-state index contributed by atoms with van der Waals surface area (Å²) in [5, 5.41) is 38.6. The second kappa shape index (κ2) is 35.5. The Morgan fingerprint density at radius 2 is 0.961 bits per heavy atom. The molecule has 0 aliphatic carbocycles. The number of aliphatic carboxylic acids is 1. The van der Waals surface area contributed by atoms with Gasteiger partial charge in [0.05, 0.1) is 45.7 Å². The number of carbonyl (C=O) groups excluding carboxylic acids is 4. The van der Waals surface area contributed by atoms with Crippen LogP contribution >= 0.6 is 0 Å². The molecule has 4 amide bonds. The van der Waals surface area contributed by atoms with Crippen LogP contribution in [-0.2, 0) is 42.9 Å². The number of nitrogens with one attached hydrogen (secondary N) is 4. The molecule has 0 aromatic carbocycles. The molecular formula is C35H66N4O12. The summed E-state index contributed by atoms with van der Waals surface area (Å²) in [7, 11) is 0. The first-order valence-corrected chi connectivity index (χ1v) is 18.6. The maximum atomic E-state index is 12.3. The molecule has 0 spiro atoms. The molecule has 1 unspecified atom stereocenters. The normalized spacial score (nSPS) is 11.7. The number of carbonyl (C=O) groups is 5. The number of amides is 4. The zero-order chi connectivity index (χ0) is 37.8. The van der Waals surface area contributed by atoms with Gasteiger partial charge in [0.25, 0.3) is 0 Å². The lowest BCUT2D eigenvalue weighted by Gasteiger charge is -2.20. The van der Waals surface area contributed by atoms with E-state index < -0.39 is 18.3 Å². The van der Waals surface area contributed by atoms with Crippen molar-refractivity contribution < 1.29 is 58.2 Å². The van der Waals surface area contributed by atoms with E-state index in [0.29, 0.717) is 32.7 Å². The van der Waals surface area contributed by atoms with E-state index in [1.54, 1.807) is 0 Å². The van der Waals surface area contributed by atoms with Crippen LogP contribution in [0.3, 0.4) is 0 Å². The number of hydrogen-bond acceptors (Lipinski definition) is 11. The van der Waals surface area contributed by atoms with Crippen molar-refractivity contribution in [3.63, 3.8) is 0 Å². The van der Waals surface area contributed by atoms with E-state index in [1.807, 2.05) is 6.92 Å². The number of carboxylic acids is 1. The molecule has 0 aliphatic rings. The highest BCUT2D eigenvalue weighted by molar-refractivity contribution is 5.78. The first-order valence-electron chi connectivity index (χ1n) is 18.6. The van der Waals surface area contributed by atoms with Gasteiger partial charge in [-0.2, -0.15) is 0 Å². The second-order valence-corrected chi connectivity index (χ2v) is 12.3. The lowest BCUT2D eigenvalue weighted by Crippen LogP contribution is -2.44. The van der Waals surface area contributed by atoms with Gasteiger partial charge in [-0.15, -0.1) is 0 Å². The Balaban J connectivity index is 3.67. The Bertz CT molecular complexity index is 910. The highest BCUT2D eigenvalue weighted by Gasteiger charge is 2.20. The van der Waals surface area contributed by atoms with Crippen molar-refractivity contribution in [3.05, 3.63) is 0 Å². The monoisotopic (exact) mass is 734 g/mol. The smallest absolute Gasteiger partial charge is 0.303 e. The van der Waals surface area contributed by atoms with Crippen molar-refractivity contribution in [1.29, 1.82) is 0 Å². The summed E-state index contributed by atoms with van der Waals surface area (Å²) in [6.07, 6.45) is 10.6. The third kappa shape index (κ3) is 35.3. The predicted octanol–water partition coefficient (Wildman–Crippen LogP) is 1.54. The van der Waals surface area contributed by atoms with Gasteiger partial charge in [0.2, 0.25) is 23.6 Å². The Kier molecular flexibility index (Phi) is 33.5. The topological polar surface area (TPSA) is 231 Å². The first kappa shape index (κ1) is 48.1. The quantitative estimate of drug-likeness (QED) is 0.0356.